The molecule has 4 nitrogen and oxygen atoms in total. The van der Waals surface area contributed by atoms with Crippen LogP contribution in [-0.2, 0) is 14.3 Å². The van der Waals surface area contributed by atoms with Gasteiger partial charge in [-0.25, -0.2) is 0 Å². The van der Waals surface area contributed by atoms with Crippen molar-refractivity contribution in [2.75, 3.05) is 17.7 Å². The molecular weight excluding hydrogens is 334 g/mol. The summed E-state index contributed by atoms with van der Waals surface area (Å²) in [5, 5.41) is 4.78. The largest absolute Gasteiger partial charge is 0.455 e. The van der Waals surface area contributed by atoms with E-state index in [0.29, 0.717) is 5.69 Å². The Balaban J connectivity index is 1.50. The first-order chi connectivity index (χ1) is 12.2. The first kappa shape index (κ1) is 17.0. The van der Waals surface area contributed by atoms with Crippen LogP contribution in [0, 0.1) is 0 Å². The summed E-state index contributed by atoms with van der Waals surface area (Å²) in [7, 11) is 0. The maximum atomic E-state index is 12.0. The Morgan fingerprint density at radius 1 is 0.880 bits per heavy atom. The van der Waals surface area contributed by atoms with Crippen LogP contribution in [0.5, 0.6) is 0 Å². The molecule has 126 valence electrons. The SMILES string of the molecule is O=C(COC(=O)CSc1ccccc1)Nc1cccc2ccccc12. The van der Waals surface area contributed by atoms with Gasteiger partial charge in [0.25, 0.3) is 5.91 Å². The second-order valence-corrected chi connectivity index (χ2v) is 6.39. The van der Waals surface area contributed by atoms with Gasteiger partial charge < -0.3 is 10.1 Å². The number of carbonyl (C=O) groups excluding carboxylic acids is 2. The standard InChI is InChI=1S/C20H17NO3S/c22-19(13-24-20(23)14-25-16-9-2-1-3-10-16)21-18-12-6-8-15-7-4-5-11-17(15)18/h1-12H,13-14H2,(H,21,22). The van der Waals surface area contributed by atoms with Crippen molar-refractivity contribution in [1.29, 1.82) is 0 Å². The molecule has 0 aromatic heterocycles. The lowest BCUT2D eigenvalue weighted by atomic mass is 10.1. The van der Waals surface area contributed by atoms with Gasteiger partial charge in [0, 0.05) is 16.0 Å². The number of rotatable bonds is 6. The third-order valence-electron chi connectivity index (χ3n) is 3.53. The minimum atomic E-state index is -0.415. The van der Waals surface area contributed by atoms with Crippen LogP contribution < -0.4 is 5.32 Å². The zero-order chi connectivity index (χ0) is 17.5. The number of anilines is 1. The molecule has 25 heavy (non-hydrogen) atoms. The molecule has 3 aromatic rings. The molecule has 3 rings (SSSR count). The van der Waals surface area contributed by atoms with Crippen LogP contribution in [0.1, 0.15) is 0 Å². The molecule has 0 spiro atoms. The monoisotopic (exact) mass is 351 g/mol. The summed E-state index contributed by atoms with van der Waals surface area (Å²) in [5.74, 6) is -0.595. The molecule has 0 aliphatic heterocycles. The third-order valence-corrected chi connectivity index (χ3v) is 4.51. The molecule has 0 saturated heterocycles. The summed E-state index contributed by atoms with van der Waals surface area (Å²) < 4.78 is 5.04. The molecule has 0 unspecified atom stereocenters. The molecule has 5 heteroatoms. The van der Waals surface area contributed by atoms with E-state index in [4.69, 9.17) is 4.74 Å². The maximum Gasteiger partial charge on any atom is 0.316 e. The van der Waals surface area contributed by atoms with E-state index >= 15 is 0 Å². The van der Waals surface area contributed by atoms with Crippen LogP contribution in [-0.4, -0.2) is 24.2 Å². The predicted octanol–water partition coefficient (Wildman–Crippen LogP) is 4.11. The van der Waals surface area contributed by atoms with Crippen LogP contribution in [0.15, 0.2) is 77.7 Å². The fourth-order valence-electron chi connectivity index (χ4n) is 2.37. The van der Waals surface area contributed by atoms with E-state index in [1.54, 1.807) is 0 Å². The summed E-state index contributed by atoms with van der Waals surface area (Å²) in [6.45, 7) is -0.294. The summed E-state index contributed by atoms with van der Waals surface area (Å²) in [4.78, 5) is 24.8. The highest BCUT2D eigenvalue weighted by Crippen LogP contribution is 2.22. The highest BCUT2D eigenvalue weighted by Gasteiger charge is 2.10. The van der Waals surface area contributed by atoms with Crippen LogP contribution in [0.4, 0.5) is 5.69 Å². The van der Waals surface area contributed by atoms with Gasteiger partial charge in [-0.3, -0.25) is 9.59 Å². The zero-order valence-electron chi connectivity index (χ0n) is 13.5. The molecule has 3 aromatic carbocycles. The van der Waals surface area contributed by atoms with E-state index in [9.17, 15) is 9.59 Å². The zero-order valence-corrected chi connectivity index (χ0v) is 14.3. The normalized spacial score (nSPS) is 10.4. The topological polar surface area (TPSA) is 55.4 Å². The first-order valence-corrected chi connectivity index (χ1v) is 8.82. The fraction of sp³-hybridized carbons (Fsp3) is 0.100. The summed E-state index contributed by atoms with van der Waals surface area (Å²) in [5.41, 5.74) is 0.706. The van der Waals surface area contributed by atoms with Gasteiger partial charge in [0.1, 0.15) is 0 Å². The summed E-state index contributed by atoms with van der Waals surface area (Å²) >= 11 is 1.38. The van der Waals surface area contributed by atoms with E-state index in [0.717, 1.165) is 15.7 Å². The third kappa shape index (κ3) is 4.84. The molecule has 0 aliphatic rings. The van der Waals surface area contributed by atoms with Crippen LogP contribution in [0.2, 0.25) is 0 Å². The number of hydrogen-bond donors (Lipinski definition) is 1. The number of benzene rings is 3. The van der Waals surface area contributed by atoms with Gasteiger partial charge >= 0.3 is 5.97 Å². The van der Waals surface area contributed by atoms with Crippen LogP contribution >= 0.6 is 11.8 Å². The van der Waals surface area contributed by atoms with E-state index < -0.39 is 5.97 Å². The van der Waals surface area contributed by atoms with Crippen molar-refractivity contribution in [3.8, 4) is 0 Å². The molecule has 1 N–H and O–H groups in total. The van der Waals surface area contributed by atoms with E-state index in [-0.39, 0.29) is 18.3 Å². The number of esters is 1. The van der Waals surface area contributed by atoms with Crippen LogP contribution in [0.25, 0.3) is 10.8 Å². The molecule has 0 bridgehead atoms. The highest BCUT2D eigenvalue weighted by atomic mass is 32.2. The molecule has 0 saturated carbocycles. The molecule has 0 radical (unpaired) electrons. The van der Waals surface area contributed by atoms with E-state index in [2.05, 4.69) is 5.32 Å². The van der Waals surface area contributed by atoms with Gasteiger partial charge in [0.15, 0.2) is 6.61 Å². The lowest BCUT2D eigenvalue weighted by Crippen LogP contribution is -2.21. The van der Waals surface area contributed by atoms with Crippen molar-refractivity contribution in [1.82, 2.24) is 0 Å². The van der Waals surface area contributed by atoms with E-state index in [1.807, 2.05) is 72.8 Å². The maximum absolute atomic E-state index is 12.0. The van der Waals surface area contributed by atoms with E-state index in [1.165, 1.54) is 11.8 Å². The number of nitrogens with one attached hydrogen (secondary N) is 1. The van der Waals surface area contributed by atoms with Crippen LogP contribution in [0.3, 0.4) is 0 Å². The van der Waals surface area contributed by atoms with Crippen molar-refractivity contribution >= 4 is 40.1 Å². The summed E-state index contributed by atoms with van der Waals surface area (Å²) in [6.07, 6.45) is 0. The average molecular weight is 351 g/mol. The number of amides is 1. The number of fused-ring (bicyclic) bond motifs is 1. The lowest BCUT2D eigenvalue weighted by Gasteiger charge is -2.09. The first-order valence-electron chi connectivity index (χ1n) is 7.83. The summed E-state index contributed by atoms with van der Waals surface area (Å²) in [6, 6.07) is 23.0. The second kappa shape index (κ2) is 8.35. The molecule has 0 aliphatic carbocycles. The minimum absolute atomic E-state index is 0.172. The molecular formula is C20H17NO3S. The van der Waals surface area contributed by atoms with Crippen molar-refractivity contribution in [2.24, 2.45) is 0 Å². The van der Waals surface area contributed by atoms with Crippen molar-refractivity contribution in [3.63, 3.8) is 0 Å². The lowest BCUT2D eigenvalue weighted by molar-refractivity contribution is -0.144. The van der Waals surface area contributed by atoms with Crippen molar-refractivity contribution < 1.29 is 14.3 Å². The molecule has 0 fully saturated rings. The quantitative estimate of drug-likeness (QED) is 0.536. The molecule has 1 amide bonds. The Morgan fingerprint density at radius 3 is 2.44 bits per heavy atom. The molecule has 0 atom stereocenters. The van der Waals surface area contributed by atoms with Crippen molar-refractivity contribution in [2.45, 2.75) is 4.90 Å². The second-order valence-electron chi connectivity index (χ2n) is 5.34. The number of hydrogen-bond acceptors (Lipinski definition) is 4. The number of carbonyl (C=O) groups is 2. The van der Waals surface area contributed by atoms with Gasteiger partial charge in [0.05, 0.1) is 5.75 Å². The Morgan fingerprint density at radius 2 is 1.60 bits per heavy atom. The predicted molar refractivity (Wildman–Crippen MR) is 101 cm³/mol. The Labute approximate surface area is 150 Å². The van der Waals surface area contributed by atoms with Gasteiger partial charge in [-0.2, -0.15) is 0 Å². The Hall–Kier alpha value is -2.79. The Kier molecular flexibility index (Phi) is 5.69. The fourth-order valence-corrected chi connectivity index (χ4v) is 3.08. The van der Waals surface area contributed by atoms with Crippen molar-refractivity contribution in [3.05, 3.63) is 72.8 Å². The smallest absolute Gasteiger partial charge is 0.316 e. The number of thioether (sulfide) groups is 1. The van der Waals surface area contributed by atoms with Gasteiger partial charge in [-0.05, 0) is 23.6 Å². The highest BCUT2D eigenvalue weighted by molar-refractivity contribution is 8.00. The van der Waals surface area contributed by atoms with Gasteiger partial charge in [0.2, 0.25) is 0 Å². The number of ether oxygens (including phenoxy) is 1. The van der Waals surface area contributed by atoms with Gasteiger partial charge in [-0.1, -0.05) is 54.6 Å². The van der Waals surface area contributed by atoms with Gasteiger partial charge in [-0.15, -0.1) is 11.8 Å². The Bertz CT molecular complexity index is 875. The minimum Gasteiger partial charge on any atom is -0.455 e. The average Bonchev–Trinajstić information content (AvgIpc) is 2.66. The molecule has 0 heterocycles.